The Kier molecular flexibility index (Phi) is 4.70. The van der Waals surface area contributed by atoms with Gasteiger partial charge in [-0.25, -0.2) is 0 Å². The summed E-state index contributed by atoms with van der Waals surface area (Å²) in [5.41, 5.74) is 1.20. The minimum atomic E-state index is 0.357. The van der Waals surface area contributed by atoms with E-state index in [2.05, 4.69) is 23.8 Å². The third-order valence-electron chi connectivity index (χ3n) is 3.48. The summed E-state index contributed by atoms with van der Waals surface area (Å²) in [6, 6.07) is 6.40. The molecule has 0 aliphatic carbocycles. The minimum absolute atomic E-state index is 0.357. The molecule has 1 atom stereocenters. The van der Waals surface area contributed by atoms with Crippen LogP contribution in [0.2, 0.25) is 0 Å². The van der Waals surface area contributed by atoms with Gasteiger partial charge in [-0.1, -0.05) is 25.0 Å². The molecule has 19 heavy (non-hydrogen) atoms. The Bertz CT molecular complexity index is 464. The first-order valence-electron chi connectivity index (χ1n) is 6.76. The molecule has 0 saturated carbocycles. The molecule has 0 radical (unpaired) electrons. The van der Waals surface area contributed by atoms with Gasteiger partial charge in [0.1, 0.15) is 6.61 Å². The number of hydrogen-bond acceptors (Lipinski definition) is 3. The lowest BCUT2D eigenvalue weighted by Gasteiger charge is -2.34. The SMILES string of the molecule is C#CCN(CCC)[C@@H]1COc2c(cccc2OC)C1. The molecule has 1 aromatic carbocycles. The molecular weight excluding hydrogens is 238 g/mol. The molecule has 0 aromatic heterocycles. The van der Waals surface area contributed by atoms with Crippen molar-refractivity contribution in [3.63, 3.8) is 0 Å². The standard InChI is InChI=1S/C16H21NO2/c1-4-9-17(10-5-2)14-11-13-7-6-8-15(18-3)16(13)19-12-14/h1,6-8,14H,5,9-12H2,2-3H3/t14-/m0/s1. The van der Waals surface area contributed by atoms with Gasteiger partial charge in [0.2, 0.25) is 0 Å². The molecule has 1 aromatic rings. The maximum absolute atomic E-state index is 5.90. The summed E-state index contributed by atoms with van der Waals surface area (Å²) in [5, 5.41) is 0. The van der Waals surface area contributed by atoms with Crippen LogP contribution in [-0.2, 0) is 6.42 Å². The van der Waals surface area contributed by atoms with Crippen molar-refractivity contribution in [3.05, 3.63) is 23.8 Å². The van der Waals surface area contributed by atoms with Gasteiger partial charge < -0.3 is 9.47 Å². The summed E-state index contributed by atoms with van der Waals surface area (Å²) in [6.45, 7) is 4.54. The highest BCUT2D eigenvalue weighted by molar-refractivity contribution is 5.48. The first kappa shape index (κ1) is 13.8. The second-order valence-electron chi connectivity index (χ2n) is 4.79. The first-order chi connectivity index (χ1) is 9.30. The highest BCUT2D eigenvalue weighted by Crippen LogP contribution is 2.35. The largest absolute Gasteiger partial charge is 0.493 e. The van der Waals surface area contributed by atoms with Gasteiger partial charge in [-0.3, -0.25) is 4.90 Å². The van der Waals surface area contributed by atoms with Crippen molar-refractivity contribution < 1.29 is 9.47 Å². The molecule has 0 bridgehead atoms. The second-order valence-corrected chi connectivity index (χ2v) is 4.79. The van der Waals surface area contributed by atoms with Crippen LogP contribution in [0.5, 0.6) is 11.5 Å². The van der Waals surface area contributed by atoms with Crippen LogP contribution in [0.1, 0.15) is 18.9 Å². The first-order valence-corrected chi connectivity index (χ1v) is 6.76. The number of rotatable bonds is 5. The van der Waals surface area contributed by atoms with Crippen molar-refractivity contribution in [3.8, 4) is 23.8 Å². The summed E-state index contributed by atoms with van der Waals surface area (Å²) < 4.78 is 11.2. The predicted molar refractivity (Wildman–Crippen MR) is 76.7 cm³/mol. The van der Waals surface area contributed by atoms with Crippen LogP contribution in [0.3, 0.4) is 0 Å². The normalized spacial score (nSPS) is 17.5. The highest BCUT2D eigenvalue weighted by Gasteiger charge is 2.26. The van der Waals surface area contributed by atoms with Crippen molar-refractivity contribution >= 4 is 0 Å². The number of nitrogens with zero attached hydrogens (tertiary/aromatic N) is 1. The van der Waals surface area contributed by atoms with Crippen LogP contribution in [0.25, 0.3) is 0 Å². The Morgan fingerprint density at radius 2 is 2.37 bits per heavy atom. The van der Waals surface area contributed by atoms with E-state index in [0.29, 0.717) is 19.2 Å². The lowest BCUT2D eigenvalue weighted by molar-refractivity contribution is 0.129. The zero-order valence-electron chi connectivity index (χ0n) is 11.7. The summed E-state index contributed by atoms with van der Waals surface area (Å²) in [5.74, 6) is 4.44. The van der Waals surface area contributed by atoms with Gasteiger partial charge in [0.15, 0.2) is 11.5 Å². The Balaban J connectivity index is 2.15. The third kappa shape index (κ3) is 3.02. The summed E-state index contributed by atoms with van der Waals surface area (Å²) in [7, 11) is 1.67. The predicted octanol–water partition coefficient (Wildman–Crippen LogP) is 2.34. The number of terminal acetylenes is 1. The maximum Gasteiger partial charge on any atom is 0.164 e. The average molecular weight is 259 g/mol. The van der Waals surface area contributed by atoms with Crippen LogP contribution in [0.4, 0.5) is 0 Å². The molecule has 0 N–H and O–H groups in total. The molecule has 0 spiro atoms. The Hall–Kier alpha value is -1.66. The van der Waals surface area contributed by atoms with Gasteiger partial charge in [0.25, 0.3) is 0 Å². The molecule has 1 aliphatic heterocycles. The van der Waals surface area contributed by atoms with Gasteiger partial charge in [-0.05, 0) is 31.0 Å². The van der Waals surface area contributed by atoms with Gasteiger partial charge in [-0.15, -0.1) is 6.42 Å². The topological polar surface area (TPSA) is 21.7 Å². The molecule has 0 fully saturated rings. The Labute approximate surface area is 115 Å². The van der Waals surface area contributed by atoms with Crippen molar-refractivity contribution in [1.29, 1.82) is 0 Å². The lowest BCUT2D eigenvalue weighted by atomic mass is 10.0. The van der Waals surface area contributed by atoms with Crippen molar-refractivity contribution in [2.24, 2.45) is 0 Å². The molecule has 0 unspecified atom stereocenters. The van der Waals surface area contributed by atoms with Crippen molar-refractivity contribution in [1.82, 2.24) is 4.90 Å². The fourth-order valence-electron chi connectivity index (χ4n) is 2.57. The Morgan fingerprint density at radius 3 is 3.05 bits per heavy atom. The maximum atomic E-state index is 5.90. The third-order valence-corrected chi connectivity index (χ3v) is 3.48. The van der Waals surface area contributed by atoms with Crippen molar-refractivity contribution in [2.45, 2.75) is 25.8 Å². The smallest absolute Gasteiger partial charge is 0.164 e. The molecule has 102 valence electrons. The Morgan fingerprint density at radius 1 is 1.53 bits per heavy atom. The average Bonchev–Trinajstić information content (AvgIpc) is 2.45. The fourth-order valence-corrected chi connectivity index (χ4v) is 2.57. The van der Waals surface area contributed by atoms with Crippen LogP contribution in [0.15, 0.2) is 18.2 Å². The molecule has 1 aliphatic rings. The van der Waals surface area contributed by atoms with Crippen LogP contribution in [-0.4, -0.2) is 37.7 Å². The summed E-state index contributed by atoms with van der Waals surface area (Å²) in [4.78, 5) is 2.32. The highest BCUT2D eigenvalue weighted by atomic mass is 16.5. The van der Waals surface area contributed by atoms with E-state index in [1.54, 1.807) is 7.11 Å². The van der Waals surface area contributed by atoms with Crippen LogP contribution >= 0.6 is 0 Å². The second kappa shape index (κ2) is 6.49. The van der Waals surface area contributed by atoms with E-state index >= 15 is 0 Å². The number of para-hydroxylation sites is 1. The van der Waals surface area contributed by atoms with Crippen molar-refractivity contribution in [2.75, 3.05) is 26.8 Å². The molecular formula is C16H21NO2. The van der Waals surface area contributed by atoms with E-state index in [0.717, 1.165) is 30.9 Å². The van der Waals surface area contributed by atoms with E-state index in [4.69, 9.17) is 15.9 Å². The van der Waals surface area contributed by atoms with E-state index in [1.165, 1.54) is 5.56 Å². The summed E-state index contributed by atoms with van der Waals surface area (Å²) in [6.07, 6.45) is 7.52. The van der Waals surface area contributed by atoms with E-state index in [1.807, 2.05) is 12.1 Å². The zero-order valence-corrected chi connectivity index (χ0v) is 11.7. The number of ether oxygens (including phenoxy) is 2. The molecule has 1 heterocycles. The van der Waals surface area contributed by atoms with E-state index < -0.39 is 0 Å². The van der Waals surface area contributed by atoms with E-state index in [9.17, 15) is 0 Å². The quantitative estimate of drug-likeness (QED) is 0.758. The minimum Gasteiger partial charge on any atom is -0.493 e. The molecule has 3 heteroatoms. The molecule has 0 saturated heterocycles. The molecule has 3 nitrogen and oxygen atoms in total. The van der Waals surface area contributed by atoms with Gasteiger partial charge in [0, 0.05) is 6.04 Å². The van der Waals surface area contributed by atoms with E-state index in [-0.39, 0.29) is 0 Å². The molecule has 0 amide bonds. The summed E-state index contributed by atoms with van der Waals surface area (Å²) >= 11 is 0. The van der Waals surface area contributed by atoms with Gasteiger partial charge in [-0.2, -0.15) is 0 Å². The lowest BCUT2D eigenvalue weighted by Crippen LogP contribution is -2.43. The fraction of sp³-hybridized carbons (Fsp3) is 0.500. The number of benzene rings is 1. The van der Waals surface area contributed by atoms with Gasteiger partial charge >= 0.3 is 0 Å². The monoisotopic (exact) mass is 259 g/mol. The van der Waals surface area contributed by atoms with Crippen LogP contribution in [0, 0.1) is 12.3 Å². The zero-order chi connectivity index (χ0) is 13.7. The van der Waals surface area contributed by atoms with Gasteiger partial charge in [0.05, 0.1) is 13.7 Å². The van der Waals surface area contributed by atoms with Crippen LogP contribution < -0.4 is 9.47 Å². The number of fused-ring (bicyclic) bond motifs is 1. The number of methoxy groups -OCH3 is 1. The number of hydrogen-bond donors (Lipinski definition) is 0. The molecule has 2 rings (SSSR count).